The molecule has 1 aromatic carbocycles. The number of piperazine rings is 1. The largest absolute Gasteiger partial charge is 0.371 e. The second-order valence-corrected chi connectivity index (χ2v) is 6.30. The first-order valence-electron chi connectivity index (χ1n) is 8.26. The molecular formula is C17H24N4O2. The van der Waals surface area contributed by atoms with Crippen LogP contribution in [0.4, 0.5) is 11.4 Å². The molecule has 0 aliphatic carbocycles. The molecule has 2 aliphatic heterocycles. The zero-order valence-electron chi connectivity index (χ0n) is 13.6. The van der Waals surface area contributed by atoms with Crippen molar-refractivity contribution in [3.8, 4) is 0 Å². The Labute approximate surface area is 136 Å². The first-order chi connectivity index (χ1) is 11.1. The van der Waals surface area contributed by atoms with Crippen molar-refractivity contribution < 1.29 is 9.59 Å². The molecule has 0 atom stereocenters. The van der Waals surface area contributed by atoms with Crippen molar-refractivity contribution in [3.63, 3.8) is 0 Å². The van der Waals surface area contributed by atoms with Crippen molar-refractivity contribution in [2.45, 2.75) is 19.8 Å². The number of anilines is 2. The Bertz CT molecular complexity index is 596. The van der Waals surface area contributed by atoms with Crippen molar-refractivity contribution in [2.75, 3.05) is 49.5 Å². The van der Waals surface area contributed by atoms with E-state index >= 15 is 0 Å². The lowest BCUT2D eigenvalue weighted by molar-refractivity contribution is -0.125. The van der Waals surface area contributed by atoms with Crippen LogP contribution in [0, 0.1) is 6.92 Å². The number of carbonyl (C=O) groups excluding carboxylic acids is 2. The zero-order chi connectivity index (χ0) is 16.2. The van der Waals surface area contributed by atoms with E-state index in [1.807, 2.05) is 11.0 Å². The molecule has 2 fully saturated rings. The smallest absolute Gasteiger partial charge is 0.238 e. The first kappa shape index (κ1) is 15.8. The fourth-order valence-electron chi connectivity index (χ4n) is 3.22. The molecule has 6 heteroatoms. The van der Waals surface area contributed by atoms with E-state index in [9.17, 15) is 9.59 Å². The van der Waals surface area contributed by atoms with Gasteiger partial charge in [-0.2, -0.15) is 0 Å². The summed E-state index contributed by atoms with van der Waals surface area (Å²) in [4.78, 5) is 27.8. The van der Waals surface area contributed by atoms with Crippen LogP contribution in [0.1, 0.15) is 18.4 Å². The number of hydrogen-bond donors (Lipinski definition) is 2. The van der Waals surface area contributed by atoms with E-state index in [-0.39, 0.29) is 18.4 Å². The highest BCUT2D eigenvalue weighted by atomic mass is 16.2. The molecule has 2 saturated heterocycles. The fraction of sp³-hybridized carbons (Fsp3) is 0.529. The van der Waals surface area contributed by atoms with Gasteiger partial charge in [-0.3, -0.25) is 14.5 Å². The van der Waals surface area contributed by atoms with Gasteiger partial charge in [0.2, 0.25) is 11.8 Å². The second kappa shape index (κ2) is 7.00. The van der Waals surface area contributed by atoms with Crippen molar-refractivity contribution in [1.82, 2.24) is 10.2 Å². The van der Waals surface area contributed by atoms with Gasteiger partial charge in [0.1, 0.15) is 0 Å². The third-order valence-electron chi connectivity index (χ3n) is 4.42. The van der Waals surface area contributed by atoms with Gasteiger partial charge in [0.15, 0.2) is 0 Å². The lowest BCUT2D eigenvalue weighted by Crippen LogP contribution is -2.49. The Morgan fingerprint density at radius 2 is 2.04 bits per heavy atom. The van der Waals surface area contributed by atoms with Crippen LogP contribution in [0.25, 0.3) is 0 Å². The molecule has 2 aliphatic rings. The highest BCUT2D eigenvalue weighted by molar-refractivity contribution is 5.93. The van der Waals surface area contributed by atoms with Crippen LogP contribution < -0.4 is 15.5 Å². The van der Waals surface area contributed by atoms with Crippen LogP contribution in [0.5, 0.6) is 0 Å². The monoisotopic (exact) mass is 316 g/mol. The summed E-state index contributed by atoms with van der Waals surface area (Å²) in [5.41, 5.74) is 3.26. The number of nitrogens with one attached hydrogen (secondary N) is 2. The van der Waals surface area contributed by atoms with Crippen molar-refractivity contribution in [1.29, 1.82) is 0 Å². The van der Waals surface area contributed by atoms with E-state index in [2.05, 4.69) is 34.6 Å². The minimum atomic E-state index is -0.0732. The molecule has 0 aromatic heterocycles. The van der Waals surface area contributed by atoms with Crippen LogP contribution in [-0.2, 0) is 9.59 Å². The summed E-state index contributed by atoms with van der Waals surface area (Å²) >= 11 is 0. The molecule has 2 heterocycles. The zero-order valence-corrected chi connectivity index (χ0v) is 13.6. The molecule has 0 bridgehead atoms. The lowest BCUT2D eigenvalue weighted by atomic mass is 10.1. The number of nitrogens with zero attached hydrogens (tertiary/aromatic N) is 2. The Morgan fingerprint density at radius 3 is 2.78 bits per heavy atom. The van der Waals surface area contributed by atoms with Crippen LogP contribution in [0.15, 0.2) is 18.2 Å². The highest BCUT2D eigenvalue weighted by Gasteiger charge is 2.19. The van der Waals surface area contributed by atoms with Crippen molar-refractivity contribution >= 4 is 23.2 Å². The predicted molar refractivity (Wildman–Crippen MR) is 90.7 cm³/mol. The van der Waals surface area contributed by atoms with Gasteiger partial charge in [-0.05, 0) is 37.5 Å². The number of carbonyl (C=O) groups is 2. The third-order valence-corrected chi connectivity index (χ3v) is 4.42. The summed E-state index contributed by atoms with van der Waals surface area (Å²) in [6.45, 7) is 6.14. The molecule has 0 radical (unpaired) electrons. The molecule has 6 nitrogen and oxygen atoms in total. The Balaban J connectivity index is 1.61. The molecule has 124 valence electrons. The summed E-state index contributed by atoms with van der Waals surface area (Å²) in [6.07, 6.45) is 2.46. The van der Waals surface area contributed by atoms with Crippen LogP contribution >= 0.6 is 0 Å². The maximum Gasteiger partial charge on any atom is 0.238 e. The highest BCUT2D eigenvalue weighted by Crippen LogP contribution is 2.27. The quantitative estimate of drug-likeness (QED) is 0.869. The van der Waals surface area contributed by atoms with Gasteiger partial charge >= 0.3 is 0 Å². The van der Waals surface area contributed by atoms with Gasteiger partial charge in [-0.25, -0.2) is 0 Å². The standard InChI is InChI=1S/C17H24N4O2/c1-13-4-5-14(10-15(13)21-7-2-3-8-21)19-17(23)12-20-9-6-18-16(22)11-20/h4-5,10H,2-3,6-9,11-12H2,1H3,(H,18,22)(H,19,23). The Hall–Kier alpha value is -2.08. The summed E-state index contributed by atoms with van der Waals surface area (Å²) in [5, 5.41) is 5.72. The number of benzene rings is 1. The van der Waals surface area contributed by atoms with E-state index in [1.165, 1.54) is 24.1 Å². The molecule has 2 N–H and O–H groups in total. The predicted octanol–water partition coefficient (Wildman–Crippen LogP) is 0.966. The fourth-order valence-corrected chi connectivity index (χ4v) is 3.22. The van der Waals surface area contributed by atoms with Crippen molar-refractivity contribution in [2.24, 2.45) is 0 Å². The van der Waals surface area contributed by atoms with Gasteiger partial charge < -0.3 is 15.5 Å². The van der Waals surface area contributed by atoms with Crippen LogP contribution in [0.2, 0.25) is 0 Å². The average molecular weight is 316 g/mol. The molecule has 1 aromatic rings. The second-order valence-electron chi connectivity index (χ2n) is 6.30. The van der Waals surface area contributed by atoms with E-state index < -0.39 is 0 Å². The molecule has 0 spiro atoms. The van der Waals surface area contributed by atoms with E-state index in [0.717, 1.165) is 18.8 Å². The van der Waals surface area contributed by atoms with Gasteiger partial charge in [0, 0.05) is 37.6 Å². The molecule has 0 unspecified atom stereocenters. The SMILES string of the molecule is Cc1ccc(NC(=O)CN2CCNC(=O)C2)cc1N1CCCC1. The maximum atomic E-state index is 12.2. The van der Waals surface area contributed by atoms with E-state index in [0.29, 0.717) is 19.6 Å². The molecular weight excluding hydrogens is 292 g/mol. The maximum absolute atomic E-state index is 12.2. The van der Waals surface area contributed by atoms with Gasteiger partial charge in [-0.15, -0.1) is 0 Å². The molecule has 3 rings (SSSR count). The number of rotatable bonds is 4. The topological polar surface area (TPSA) is 64.7 Å². The number of hydrogen-bond acceptors (Lipinski definition) is 4. The van der Waals surface area contributed by atoms with Crippen LogP contribution in [-0.4, -0.2) is 56.0 Å². The van der Waals surface area contributed by atoms with Gasteiger partial charge in [0.25, 0.3) is 0 Å². The number of amides is 2. The lowest BCUT2D eigenvalue weighted by Gasteiger charge is -2.26. The molecule has 0 saturated carbocycles. The number of aryl methyl sites for hydroxylation is 1. The third kappa shape index (κ3) is 4.01. The van der Waals surface area contributed by atoms with Crippen molar-refractivity contribution in [3.05, 3.63) is 23.8 Å². The summed E-state index contributed by atoms with van der Waals surface area (Å²) in [6, 6.07) is 6.05. The van der Waals surface area contributed by atoms with Gasteiger partial charge in [-0.1, -0.05) is 6.07 Å². The minimum Gasteiger partial charge on any atom is -0.371 e. The van der Waals surface area contributed by atoms with E-state index in [4.69, 9.17) is 0 Å². The Morgan fingerprint density at radius 1 is 1.26 bits per heavy atom. The molecule has 2 amide bonds. The first-order valence-corrected chi connectivity index (χ1v) is 8.26. The average Bonchev–Trinajstić information content (AvgIpc) is 3.03. The van der Waals surface area contributed by atoms with E-state index in [1.54, 1.807) is 0 Å². The van der Waals surface area contributed by atoms with Crippen LogP contribution in [0.3, 0.4) is 0 Å². The summed E-state index contributed by atoms with van der Waals surface area (Å²) < 4.78 is 0. The summed E-state index contributed by atoms with van der Waals surface area (Å²) in [5.74, 6) is -0.0911. The Kier molecular flexibility index (Phi) is 4.81. The summed E-state index contributed by atoms with van der Waals surface area (Å²) in [7, 11) is 0. The normalized spacial score (nSPS) is 18.8. The van der Waals surface area contributed by atoms with Gasteiger partial charge in [0.05, 0.1) is 13.1 Å². The minimum absolute atomic E-state index is 0.0179. The molecule has 23 heavy (non-hydrogen) atoms.